The SMILES string of the molecule is O=C(NC1=NN(c2ccccc2)C(=O)C1)c1ccc(Cl)c(Cl)c1. The van der Waals surface area contributed by atoms with E-state index in [0.29, 0.717) is 16.3 Å². The smallest absolute Gasteiger partial charge is 0.256 e. The molecule has 7 heteroatoms. The lowest BCUT2D eigenvalue weighted by atomic mass is 10.2. The van der Waals surface area contributed by atoms with Gasteiger partial charge in [0.15, 0.2) is 0 Å². The first kappa shape index (κ1) is 15.5. The van der Waals surface area contributed by atoms with E-state index in [9.17, 15) is 9.59 Å². The van der Waals surface area contributed by atoms with Crippen LogP contribution in [0.5, 0.6) is 0 Å². The second-order valence-corrected chi connectivity index (χ2v) is 5.66. The minimum Gasteiger partial charge on any atom is -0.308 e. The maximum absolute atomic E-state index is 12.2. The summed E-state index contributed by atoms with van der Waals surface area (Å²) in [5.41, 5.74) is 0.990. The molecule has 0 fully saturated rings. The third-order valence-electron chi connectivity index (χ3n) is 3.22. The average molecular weight is 348 g/mol. The molecule has 0 aliphatic carbocycles. The van der Waals surface area contributed by atoms with Gasteiger partial charge in [-0.2, -0.15) is 10.1 Å². The van der Waals surface area contributed by atoms with Crippen molar-refractivity contribution in [3.63, 3.8) is 0 Å². The van der Waals surface area contributed by atoms with E-state index in [4.69, 9.17) is 23.2 Å². The molecular weight excluding hydrogens is 337 g/mol. The number of carbonyl (C=O) groups is 2. The summed E-state index contributed by atoms with van der Waals surface area (Å²) in [7, 11) is 0. The molecule has 0 saturated carbocycles. The van der Waals surface area contributed by atoms with Gasteiger partial charge in [-0.05, 0) is 30.3 Å². The molecule has 116 valence electrons. The molecule has 1 heterocycles. The van der Waals surface area contributed by atoms with E-state index in [-0.39, 0.29) is 23.2 Å². The molecule has 0 radical (unpaired) electrons. The zero-order valence-corrected chi connectivity index (χ0v) is 13.3. The second-order valence-electron chi connectivity index (χ2n) is 4.85. The molecule has 0 aromatic heterocycles. The number of amidine groups is 1. The Bertz CT molecular complexity index is 806. The molecule has 2 amide bonds. The number of para-hydroxylation sites is 1. The highest BCUT2D eigenvalue weighted by molar-refractivity contribution is 6.42. The van der Waals surface area contributed by atoms with Crippen molar-refractivity contribution >= 4 is 46.5 Å². The maximum atomic E-state index is 12.2. The number of anilines is 1. The highest BCUT2D eigenvalue weighted by Crippen LogP contribution is 2.23. The van der Waals surface area contributed by atoms with Gasteiger partial charge in [0.2, 0.25) is 0 Å². The summed E-state index contributed by atoms with van der Waals surface area (Å²) in [6.45, 7) is 0. The summed E-state index contributed by atoms with van der Waals surface area (Å²) < 4.78 is 0. The van der Waals surface area contributed by atoms with Gasteiger partial charge in [-0.25, -0.2) is 0 Å². The number of nitrogens with zero attached hydrogens (tertiary/aromatic N) is 2. The number of hydrogen-bond acceptors (Lipinski definition) is 3. The zero-order valence-electron chi connectivity index (χ0n) is 11.8. The Hall–Kier alpha value is -2.37. The Kier molecular flexibility index (Phi) is 4.32. The number of carbonyl (C=O) groups excluding carboxylic acids is 2. The monoisotopic (exact) mass is 347 g/mol. The Labute approximate surface area is 142 Å². The van der Waals surface area contributed by atoms with Gasteiger partial charge in [-0.3, -0.25) is 9.59 Å². The standard InChI is InChI=1S/C16H11Cl2N3O2/c17-12-7-6-10(8-13(12)18)16(23)19-14-9-15(22)21(20-14)11-4-2-1-3-5-11/h1-8H,9H2,(H,19,20,23). The van der Waals surface area contributed by atoms with Crippen LogP contribution in [0.15, 0.2) is 53.6 Å². The van der Waals surface area contributed by atoms with Crippen molar-refractivity contribution in [3.05, 3.63) is 64.1 Å². The lowest BCUT2D eigenvalue weighted by Gasteiger charge is -2.10. The molecule has 23 heavy (non-hydrogen) atoms. The van der Waals surface area contributed by atoms with Crippen LogP contribution >= 0.6 is 23.2 Å². The Morgan fingerprint density at radius 2 is 1.83 bits per heavy atom. The van der Waals surface area contributed by atoms with Gasteiger partial charge in [0.25, 0.3) is 11.8 Å². The summed E-state index contributed by atoms with van der Waals surface area (Å²) in [5, 5.41) is 8.70. The second kappa shape index (κ2) is 6.40. The first-order valence-corrected chi connectivity index (χ1v) is 7.52. The number of benzene rings is 2. The quantitative estimate of drug-likeness (QED) is 0.903. The third-order valence-corrected chi connectivity index (χ3v) is 3.96. The summed E-state index contributed by atoms with van der Waals surface area (Å²) in [5.74, 6) is -0.319. The highest BCUT2D eigenvalue weighted by Gasteiger charge is 2.26. The molecule has 1 N–H and O–H groups in total. The van der Waals surface area contributed by atoms with Crippen LogP contribution in [0.1, 0.15) is 16.8 Å². The number of hydrogen-bond donors (Lipinski definition) is 1. The molecule has 1 aliphatic heterocycles. The van der Waals surface area contributed by atoms with E-state index < -0.39 is 5.91 Å². The number of rotatable bonds is 2. The molecule has 0 atom stereocenters. The van der Waals surface area contributed by atoms with E-state index in [1.165, 1.54) is 17.1 Å². The van der Waals surface area contributed by atoms with Gasteiger partial charge in [-0.1, -0.05) is 41.4 Å². The summed E-state index contributed by atoms with van der Waals surface area (Å²) in [4.78, 5) is 24.2. The molecule has 2 aromatic carbocycles. The Morgan fingerprint density at radius 3 is 2.52 bits per heavy atom. The van der Waals surface area contributed by atoms with E-state index in [1.54, 1.807) is 18.2 Å². The van der Waals surface area contributed by atoms with Crippen LogP contribution in [0, 0.1) is 0 Å². The van der Waals surface area contributed by atoms with Gasteiger partial charge in [0.05, 0.1) is 22.2 Å². The van der Waals surface area contributed by atoms with Crippen LogP contribution in [0.4, 0.5) is 5.69 Å². The molecule has 0 bridgehead atoms. The zero-order chi connectivity index (χ0) is 16.4. The summed E-state index contributed by atoms with van der Waals surface area (Å²) in [6, 6.07) is 13.6. The molecule has 3 rings (SSSR count). The molecule has 0 unspecified atom stereocenters. The third kappa shape index (κ3) is 3.36. The summed E-state index contributed by atoms with van der Waals surface area (Å²) in [6.07, 6.45) is 0.0297. The van der Waals surface area contributed by atoms with Crippen molar-refractivity contribution < 1.29 is 9.59 Å². The number of nitrogens with one attached hydrogen (secondary N) is 1. The van der Waals surface area contributed by atoms with E-state index in [2.05, 4.69) is 10.4 Å². The van der Waals surface area contributed by atoms with Crippen molar-refractivity contribution in [1.29, 1.82) is 0 Å². The lowest BCUT2D eigenvalue weighted by Crippen LogP contribution is -2.29. The molecule has 5 nitrogen and oxygen atoms in total. The molecule has 0 saturated heterocycles. The van der Waals surface area contributed by atoms with Crippen LogP contribution in [0.2, 0.25) is 10.0 Å². The van der Waals surface area contributed by atoms with Crippen LogP contribution < -0.4 is 10.3 Å². The number of amides is 2. The molecule has 0 spiro atoms. The minimum absolute atomic E-state index is 0.0297. The van der Waals surface area contributed by atoms with Crippen LogP contribution in [-0.4, -0.2) is 17.6 Å². The van der Waals surface area contributed by atoms with Crippen molar-refractivity contribution in [2.45, 2.75) is 6.42 Å². The van der Waals surface area contributed by atoms with E-state index in [1.807, 2.05) is 18.2 Å². The van der Waals surface area contributed by atoms with Crippen LogP contribution in [0.3, 0.4) is 0 Å². The van der Waals surface area contributed by atoms with E-state index in [0.717, 1.165) is 0 Å². The topological polar surface area (TPSA) is 61.8 Å². The fourth-order valence-corrected chi connectivity index (χ4v) is 2.41. The lowest BCUT2D eigenvalue weighted by molar-refractivity contribution is -0.116. The number of hydrazone groups is 1. The first-order chi connectivity index (χ1) is 11.0. The van der Waals surface area contributed by atoms with Crippen molar-refractivity contribution in [1.82, 2.24) is 5.32 Å². The fraction of sp³-hybridized carbons (Fsp3) is 0.0625. The molecule has 2 aromatic rings. The highest BCUT2D eigenvalue weighted by atomic mass is 35.5. The van der Waals surface area contributed by atoms with Crippen molar-refractivity contribution in [2.24, 2.45) is 5.10 Å². The average Bonchev–Trinajstić information content (AvgIpc) is 2.91. The fourth-order valence-electron chi connectivity index (χ4n) is 2.11. The van der Waals surface area contributed by atoms with Gasteiger partial charge < -0.3 is 5.32 Å². The molecular formula is C16H11Cl2N3O2. The van der Waals surface area contributed by atoms with Gasteiger partial charge >= 0.3 is 0 Å². The largest absolute Gasteiger partial charge is 0.308 e. The maximum Gasteiger partial charge on any atom is 0.256 e. The van der Waals surface area contributed by atoms with Gasteiger partial charge in [0.1, 0.15) is 5.84 Å². The van der Waals surface area contributed by atoms with Crippen molar-refractivity contribution in [2.75, 3.05) is 5.01 Å². The number of halogens is 2. The Morgan fingerprint density at radius 1 is 1.09 bits per heavy atom. The summed E-state index contributed by atoms with van der Waals surface area (Å²) >= 11 is 11.7. The van der Waals surface area contributed by atoms with Gasteiger partial charge in [0, 0.05) is 5.56 Å². The first-order valence-electron chi connectivity index (χ1n) is 6.76. The van der Waals surface area contributed by atoms with E-state index >= 15 is 0 Å². The van der Waals surface area contributed by atoms with Crippen LogP contribution in [-0.2, 0) is 4.79 Å². The molecule has 1 aliphatic rings. The predicted octanol–water partition coefficient (Wildman–Crippen LogP) is 3.47. The minimum atomic E-state index is -0.398. The normalized spacial score (nSPS) is 13.9. The predicted molar refractivity (Wildman–Crippen MR) is 89.9 cm³/mol. The Balaban J connectivity index is 1.76. The van der Waals surface area contributed by atoms with Crippen molar-refractivity contribution in [3.8, 4) is 0 Å². The van der Waals surface area contributed by atoms with Crippen LogP contribution in [0.25, 0.3) is 0 Å². The van der Waals surface area contributed by atoms with Gasteiger partial charge in [-0.15, -0.1) is 0 Å².